The van der Waals surface area contributed by atoms with Crippen LogP contribution in [0.3, 0.4) is 0 Å². The molecule has 0 spiro atoms. The fourth-order valence-electron chi connectivity index (χ4n) is 2.01. The molecule has 0 aliphatic carbocycles. The van der Waals surface area contributed by atoms with Gasteiger partial charge in [0.2, 0.25) is 5.71 Å². The van der Waals surface area contributed by atoms with Crippen LogP contribution in [0.1, 0.15) is 11.1 Å². The van der Waals surface area contributed by atoms with Gasteiger partial charge in [0.25, 0.3) is 5.56 Å². The van der Waals surface area contributed by atoms with E-state index in [0.29, 0.717) is 16.9 Å². The second-order valence-electron chi connectivity index (χ2n) is 3.74. The third kappa shape index (κ3) is 1.18. The number of rotatable bonds is 0. The lowest BCUT2D eigenvalue weighted by atomic mass is 10.1. The van der Waals surface area contributed by atoms with Crippen LogP contribution in [0.2, 0.25) is 0 Å². The number of furan rings is 1. The molecule has 0 unspecified atom stereocenters. The van der Waals surface area contributed by atoms with Crippen molar-refractivity contribution in [3.05, 3.63) is 39.9 Å². The zero-order valence-electron chi connectivity index (χ0n) is 8.94. The molecule has 0 amide bonds. The SMILES string of the molecule is Cc1c(C#N)c(=O)[nH]c2oc3cnccc3c12. The largest absolute Gasteiger partial charge is 0.438 e. The predicted molar refractivity (Wildman–Crippen MR) is 61.6 cm³/mol. The molecule has 0 atom stereocenters. The summed E-state index contributed by atoms with van der Waals surface area (Å²) in [7, 11) is 0. The zero-order valence-corrected chi connectivity index (χ0v) is 8.94. The maximum Gasteiger partial charge on any atom is 0.268 e. The Balaban J connectivity index is 2.66. The number of aryl methyl sites for hydroxylation is 1. The molecule has 1 N–H and O–H groups in total. The van der Waals surface area contributed by atoms with Crippen molar-refractivity contribution in [2.24, 2.45) is 0 Å². The van der Waals surface area contributed by atoms with E-state index in [0.717, 1.165) is 10.8 Å². The lowest BCUT2D eigenvalue weighted by Gasteiger charge is -1.97. The molecule has 0 bridgehead atoms. The Morgan fingerprint density at radius 3 is 3.12 bits per heavy atom. The number of nitriles is 1. The average molecular weight is 225 g/mol. The molecular weight excluding hydrogens is 218 g/mol. The number of nitrogens with one attached hydrogen (secondary N) is 1. The summed E-state index contributed by atoms with van der Waals surface area (Å²) in [6, 6.07) is 3.71. The molecule has 0 aliphatic rings. The van der Waals surface area contributed by atoms with Crippen molar-refractivity contribution in [3.63, 3.8) is 0 Å². The van der Waals surface area contributed by atoms with Gasteiger partial charge < -0.3 is 4.42 Å². The van der Waals surface area contributed by atoms with E-state index in [2.05, 4.69) is 9.97 Å². The minimum atomic E-state index is -0.426. The van der Waals surface area contributed by atoms with Gasteiger partial charge in [-0.15, -0.1) is 0 Å². The Kier molecular flexibility index (Phi) is 1.80. The van der Waals surface area contributed by atoms with Crippen molar-refractivity contribution >= 4 is 22.1 Å². The molecule has 0 aliphatic heterocycles. The number of nitrogens with zero attached hydrogens (tertiary/aromatic N) is 2. The second kappa shape index (κ2) is 3.19. The third-order valence-electron chi connectivity index (χ3n) is 2.81. The van der Waals surface area contributed by atoms with E-state index in [-0.39, 0.29) is 5.56 Å². The van der Waals surface area contributed by atoms with Gasteiger partial charge in [0, 0.05) is 11.6 Å². The molecular formula is C12H7N3O2. The maximum atomic E-state index is 11.6. The van der Waals surface area contributed by atoms with Crippen LogP contribution in [0.4, 0.5) is 0 Å². The lowest BCUT2D eigenvalue weighted by molar-refractivity contribution is 0.650. The Hall–Kier alpha value is -2.61. The summed E-state index contributed by atoms with van der Waals surface area (Å²) in [5.74, 6) is 0. The Labute approximate surface area is 95.3 Å². The highest BCUT2D eigenvalue weighted by Crippen LogP contribution is 2.28. The van der Waals surface area contributed by atoms with Crippen LogP contribution in [0.15, 0.2) is 27.7 Å². The second-order valence-corrected chi connectivity index (χ2v) is 3.74. The van der Waals surface area contributed by atoms with Crippen molar-refractivity contribution in [1.82, 2.24) is 9.97 Å². The predicted octanol–water partition coefficient (Wildman–Crippen LogP) is 1.85. The van der Waals surface area contributed by atoms with Gasteiger partial charge in [0.05, 0.1) is 11.6 Å². The van der Waals surface area contributed by atoms with Gasteiger partial charge in [-0.1, -0.05) is 0 Å². The molecule has 0 fully saturated rings. The number of hydrogen-bond acceptors (Lipinski definition) is 4. The summed E-state index contributed by atoms with van der Waals surface area (Å²) >= 11 is 0. The Morgan fingerprint density at radius 2 is 2.35 bits per heavy atom. The van der Waals surface area contributed by atoms with Crippen LogP contribution in [-0.4, -0.2) is 9.97 Å². The summed E-state index contributed by atoms with van der Waals surface area (Å²) in [6.45, 7) is 1.74. The molecule has 0 radical (unpaired) electrons. The van der Waals surface area contributed by atoms with Crippen LogP contribution in [0.25, 0.3) is 22.1 Å². The van der Waals surface area contributed by atoms with Gasteiger partial charge in [-0.2, -0.15) is 5.26 Å². The molecule has 0 saturated carbocycles. The Bertz CT molecular complexity index is 836. The number of aromatic nitrogens is 2. The summed E-state index contributed by atoms with van der Waals surface area (Å²) in [5.41, 5.74) is 1.31. The van der Waals surface area contributed by atoms with Crippen LogP contribution in [0.5, 0.6) is 0 Å². The fraction of sp³-hybridized carbons (Fsp3) is 0.0833. The molecule has 3 aromatic rings. The Morgan fingerprint density at radius 1 is 1.53 bits per heavy atom. The average Bonchev–Trinajstić information content (AvgIpc) is 2.67. The van der Waals surface area contributed by atoms with Crippen molar-refractivity contribution in [2.45, 2.75) is 6.92 Å². The number of pyridine rings is 2. The van der Waals surface area contributed by atoms with E-state index in [1.165, 1.54) is 0 Å². The van der Waals surface area contributed by atoms with Crippen molar-refractivity contribution < 1.29 is 4.42 Å². The molecule has 17 heavy (non-hydrogen) atoms. The normalized spacial score (nSPS) is 10.8. The molecule has 82 valence electrons. The standard InChI is InChI=1S/C12H7N3O2/c1-6-8(4-13)11(16)15-12-10(6)7-2-3-14-5-9(7)17-12/h2-3,5H,1H3,(H,15,16). The summed E-state index contributed by atoms with van der Waals surface area (Å²) in [4.78, 5) is 18.1. The summed E-state index contributed by atoms with van der Waals surface area (Å²) < 4.78 is 5.49. The van der Waals surface area contributed by atoms with Crippen LogP contribution < -0.4 is 5.56 Å². The lowest BCUT2D eigenvalue weighted by Crippen LogP contribution is -2.11. The third-order valence-corrected chi connectivity index (χ3v) is 2.81. The van der Waals surface area contributed by atoms with Gasteiger partial charge in [-0.25, -0.2) is 0 Å². The van der Waals surface area contributed by atoms with Gasteiger partial charge in [0.15, 0.2) is 5.58 Å². The zero-order chi connectivity index (χ0) is 12.0. The van der Waals surface area contributed by atoms with E-state index in [4.69, 9.17) is 9.68 Å². The van der Waals surface area contributed by atoms with Crippen LogP contribution >= 0.6 is 0 Å². The first kappa shape index (κ1) is 9.60. The first-order valence-electron chi connectivity index (χ1n) is 5.01. The van der Waals surface area contributed by atoms with Gasteiger partial charge >= 0.3 is 0 Å². The van der Waals surface area contributed by atoms with Crippen molar-refractivity contribution in [3.8, 4) is 6.07 Å². The minimum absolute atomic E-state index is 0.122. The van der Waals surface area contributed by atoms with E-state index in [9.17, 15) is 4.79 Å². The monoisotopic (exact) mass is 225 g/mol. The first-order valence-corrected chi connectivity index (χ1v) is 5.01. The van der Waals surface area contributed by atoms with Gasteiger partial charge in [-0.05, 0) is 18.6 Å². The van der Waals surface area contributed by atoms with E-state index < -0.39 is 5.56 Å². The smallest absolute Gasteiger partial charge is 0.268 e. The first-order chi connectivity index (χ1) is 8.22. The van der Waals surface area contributed by atoms with E-state index in [1.807, 2.05) is 6.07 Å². The fourth-order valence-corrected chi connectivity index (χ4v) is 2.01. The molecule has 0 saturated heterocycles. The molecule has 3 rings (SSSR count). The van der Waals surface area contributed by atoms with Gasteiger partial charge in [-0.3, -0.25) is 14.8 Å². The molecule has 3 aromatic heterocycles. The highest BCUT2D eigenvalue weighted by molar-refractivity contribution is 6.05. The topological polar surface area (TPSA) is 82.7 Å². The highest BCUT2D eigenvalue weighted by Gasteiger charge is 2.14. The van der Waals surface area contributed by atoms with Crippen molar-refractivity contribution in [2.75, 3.05) is 0 Å². The summed E-state index contributed by atoms with van der Waals surface area (Å²) in [6.07, 6.45) is 3.23. The molecule has 0 aromatic carbocycles. The van der Waals surface area contributed by atoms with Crippen LogP contribution in [-0.2, 0) is 0 Å². The minimum Gasteiger partial charge on any atom is -0.438 e. The molecule has 5 heteroatoms. The number of H-pyrrole nitrogens is 1. The van der Waals surface area contributed by atoms with E-state index in [1.54, 1.807) is 25.4 Å². The highest BCUT2D eigenvalue weighted by atomic mass is 16.3. The van der Waals surface area contributed by atoms with Crippen LogP contribution in [0, 0.1) is 18.3 Å². The van der Waals surface area contributed by atoms with Crippen molar-refractivity contribution in [1.29, 1.82) is 5.26 Å². The maximum absolute atomic E-state index is 11.6. The molecule has 5 nitrogen and oxygen atoms in total. The number of hydrogen-bond donors (Lipinski definition) is 1. The number of aromatic amines is 1. The molecule has 3 heterocycles. The quantitative estimate of drug-likeness (QED) is 0.632. The number of fused-ring (bicyclic) bond motifs is 3. The van der Waals surface area contributed by atoms with E-state index >= 15 is 0 Å². The summed E-state index contributed by atoms with van der Waals surface area (Å²) in [5, 5.41) is 10.6. The van der Waals surface area contributed by atoms with Gasteiger partial charge in [0.1, 0.15) is 11.6 Å².